The second kappa shape index (κ2) is 4.84. The topological polar surface area (TPSA) is 55.6 Å². The van der Waals surface area contributed by atoms with E-state index < -0.39 is 0 Å². The van der Waals surface area contributed by atoms with E-state index in [0.717, 1.165) is 41.5 Å². The summed E-state index contributed by atoms with van der Waals surface area (Å²) in [5.41, 5.74) is 2.86. The molecular formula is C14H17N5. The fraction of sp³-hybridized carbons (Fsp3) is 0.357. The minimum absolute atomic E-state index is 0.604. The van der Waals surface area contributed by atoms with Crippen molar-refractivity contribution in [3.8, 4) is 0 Å². The smallest absolute Gasteiger partial charge is 0.244 e. The summed E-state index contributed by atoms with van der Waals surface area (Å²) in [7, 11) is 2.01. The highest BCUT2D eigenvalue weighted by molar-refractivity contribution is 6.04. The molecule has 0 atom stereocenters. The lowest BCUT2D eigenvalue weighted by Gasteiger charge is -2.02. The summed E-state index contributed by atoms with van der Waals surface area (Å²) in [5.74, 6) is 0.604. The molecule has 0 radical (unpaired) electrons. The molecule has 3 aromatic rings. The van der Waals surface area contributed by atoms with Crippen molar-refractivity contribution in [2.45, 2.75) is 19.8 Å². The summed E-state index contributed by atoms with van der Waals surface area (Å²) in [5, 5.41) is 12.8. The Morgan fingerprint density at radius 3 is 2.89 bits per heavy atom. The fourth-order valence-corrected chi connectivity index (χ4v) is 2.26. The number of aryl methyl sites for hydroxylation is 1. The molecule has 0 spiro atoms. The maximum absolute atomic E-state index is 4.56. The molecule has 1 aromatic carbocycles. The van der Waals surface area contributed by atoms with Crippen molar-refractivity contribution >= 4 is 28.0 Å². The standard InChI is InChI=1S/C14H17N5/c1-3-4-9-15-14-16-13-12(17-18-14)10-7-5-6-8-11(10)19(13)2/h5-8H,3-4,9H2,1-2H3,(H,15,16,18). The van der Waals surface area contributed by atoms with Gasteiger partial charge in [-0.25, -0.2) is 0 Å². The average Bonchev–Trinajstić information content (AvgIpc) is 2.73. The Kier molecular flexibility index (Phi) is 3.03. The first kappa shape index (κ1) is 11.9. The van der Waals surface area contributed by atoms with Crippen LogP contribution in [0.2, 0.25) is 0 Å². The Morgan fingerprint density at radius 1 is 1.21 bits per heavy atom. The lowest BCUT2D eigenvalue weighted by molar-refractivity contribution is 0.821. The van der Waals surface area contributed by atoms with Gasteiger partial charge in [0.2, 0.25) is 5.95 Å². The van der Waals surface area contributed by atoms with Gasteiger partial charge in [-0.1, -0.05) is 31.5 Å². The lowest BCUT2D eigenvalue weighted by atomic mass is 10.2. The molecule has 98 valence electrons. The van der Waals surface area contributed by atoms with E-state index in [9.17, 15) is 0 Å². The Morgan fingerprint density at radius 2 is 2.05 bits per heavy atom. The molecule has 2 aromatic heterocycles. The van der Waals surface area contributed by atoms with Gasteiger partial charge in [0.25, 0.3) is 0 Å². The molecule has 5 heteroatoms. The van der Waals surface area contributed by atoms with Gasteiger partial charge in [0, 0.05) is 19.0 Å². The molecule has 0 bridgehead atoms. The molecule has 3 rings (SSSR count). The summed E-state index contributed by atoms with van der Waals surface area (Å²) in [6.07, 6.45) is 2.26. The number of aromatic nitrogens is 4. The largest absolute Gasteiger partial charge is 0.353 e. The lowest BCUT2D eigenvalue weighted by Crippen LogP contribution is -2.06. The third kappa shape index (κ3) is 2.01. The summed E-state index contributed by atoms with van der Waals surface area (Å²) in [6, 6.07) is 8.16. The Bertz CT molecular complexity index is 716. The first-order chi connectivity index (χ1) is 9.31. The van der Waals surface area contributed by atoms with E-state index in [1.54, 1.807) is 0 Å². The van der Waals surface area contributed by atoms with E-state index in [1.165, 1.54) is 0 Å². The van der Waals surface area contributed by atoms with Crippen LogP contribution in [0.3, 0.4) is 0 Å². The predicted octanol–water partition coefficient (Wildman–Crippen LogP) is 2.73. The number of nitrogens with zero attached hydrogens (tertiary/aromatic N) is 4. The average molecular weight is 255 g/mol. The predicted molar refractivity (Wildman–Crippen MR) is 77.2 cm³/mol. The monoisotopic (exact) mass is 255 g/mol. The second-order valence-corrected chi connectivity index (χ2v) is 4.66. The third-order valence-corrected chi connectivity index (χ3v) is 3.32. The van der Waals surface area contributed by atoms with Gasteiger partial charge in [0.15, 0.2) is 5.65 Å². The van der Waals surface area contributed by atoms with E-state index in [2.05, 4.69) is 44.1 Å². The third-order valence-electron chi connectivity index (χ3n) is 3.32. The number of benzene rings is 1. The Balaban J connectivity index is 2.07. The SMILES string of the molecule is CCCCNc1nnc2c3ccccc3n(C)c2n1. The molecule has 0 amide bonds. The number of hydrogen-bond acceptors (Lipinski definition) is 4. The number of unbranched alkanes of at least 4 members (excludes halogenated alkanes) is 1. The van der Waals surface area contributed by atoms with Gasteiger partial charge < -0.3 is 9.88 Å². The van der Waals surface area contributed by atoms with Gasteiger partial charge in [-0.05, 0) is 12.5 Å². The molecule has 0 aliphatic rings. The van der Waals surface area contributed by atoms with Crippen LogP contribution in [0.1, 0.15) is 19.8 Å². The van der Waals surface area contributed by atoms with E-state index in [1.807, 2.05) is 19.2 Å². The van der Waals surface area contributed by atoms with Crippen LogP contribution in [-0.4, -0.2) is 26.3 Å². The van der Waals surface area contributed by atoms with Crippen molar-refractivity contribution in [2.24, 2.45) is 7.05 Å². The maximum atomic E-state index is 4.56. The van der Waals surface area contributed by atoms with Crippen LogP contribution >= 0.6 is 0 Å². The first-order valence-electron chi connectivity index (χ1n) is 6.63. The highest BCUT2D eigenvalue weighted by atomic mass is 15.3. The molecule has 0 fully saturated rings. The van der Waals surface area contributed by atoms with Crippen molar-refractivity contribution in [3.05, 3.63) is 24.3 Å². The minimum atomic E-state index is 0.604. The van der Waals surface area contributed by atoms with Gasteiger partial charge in [-0.2, -0.15) is 4.98 Å². The van der Waals surface area contributed by atoms with Crippen LogP contribution in [0.25, 0.3) is 22.1 Å². The summed E-state index contributed by atoms with van der Waals surface area (Å²) in [6.45, 7) is 3.04. The number of nitrogens with one attached hydrogen (secondary N) is 1. The second-order valence-electron chi connectivity index (χ2n) is 4.66. The van der Waals surface area contributed by atoms with Crippen molar-refractivity contribution < 1.29 is 0 Å². The minimum Gasteiger partial charge on any atom is -0.353 e. The molecule has 0 unspecified atom stereocenters. The van der Waals surface area contributed by atoms with E-state index in [0.29, 0.717) is 5.95 Å². The fourth-order valence-electron chi connectivity index (χ4n) is 2.26. The van der Waals surface area contributed by atoms with Gasteiger partial charge >= 0.3 is 0 Å². The molecule has 19 heavy (non-hydrogen) atoms. The number of para-hydroxylation sites is 1. The van der Waals surface area contributed by atoms with Crippen LogP contribution in [0.4, 0.5) is 5.95 Å². The quantitative estimate of drug-likeness (QED) is 0.728. The molecule has 0 aliphatic carbocycles. The van der Waals surface area contributed by atoms with E-state index in [4.69, 9.17) is 0 Å². The summed E-state index contributed by atoms with van der Waals surface area (Å²) in [4.78, 5) is 4.56. The van der Waals surface area contributed by atoms with Crippen molar-refractivity contribution in [2.75, 3.05) is 11.9 Å². The Hall–Kier alpha value is -2.17. The van der Waals surface area contributed by atoms with Crippen LogP contribution in [0.5, 0.6) is 0 Å². The van der Waals surface area contributed by atoms with Gasteiger partial charge in [0.05, 0.1) is 5.52 Å². The van der Waals surface area contributed by atoms with Gasteiger partial charge in [-0.3, -0.25) is 0 Å². The Labute approximate surface area is 111 Å². The number of anilines is 1. The molecule has 0 saturated heterocycles. The van der Waals surface area contributed by atoms with Crippen molar-refractivity contribution in [1.82, 2.24) is 19.7 Å². The van der Waals surface area contributed by atoms with Gasteiger partial charge in [-0.15, -0.1) is 10.2 Å². The van der Waals surface area contributed by atoms with Crippen LogP contribution < -0.4 is 5.32 Å². The molecule has 0 aliphatic heterocycles. The van der Waals surface area contributed by atoms with Crippen molar-refractivity contribution in [3.63, 3.8) is 0 Å². The molecule has 5 nitrogen and oxygen atoms in total. The molecule has 1 N–H and O–H groups in total. The van der Waals surface area contributed by atoms with Crippen LogP contribution in [-0.2, 0) is 7.05 Å². The van der Waals surface area contributed by atoms with Crippen LogP contribution in [0.15, 0.2) is 24.3 Å². The van der Waals surface area contributed by atoms with Crippen molar-refractivity contribution in [1.29, 1.82) is 0 Å². The maximum Gasteiger partial charge on any atom is 0.244 e. The zero-order valence-corrected chi connectivity index (χ0v) is 11.2. The number of rotatable bonds is 4. The number of fused-ring (bicyclic) bond motifs is 3. The summed E-state index contributed by atoms with van der Waals surface area (Å²) >= 11 is 0. The summed E-state index contributed by atoms with van der Waals surface area (Å²) < 4.78 is 2.06. The van der Waals surface area contributed by atoms with Gasteiger partial charge in [0.1, 0.15) is 5.52 Å². The highest BCUT2D eigenvalue weighted by Crippen LogP contribution is 2.24. The highest BCUT2D eigenvalue weighted by Gasteiger charge is 2.11. The van der Waals surface area contributed by atoms with Crippen LogP contribution in [0, 0.1) is 0 Å². The zero-order chi connectivity index (χ0) is 13.2. The number of hydrogen-bond donors (Lipinski definition) is 1. The molecule has 0 saturated carbocycles. The zero-order valence-electron chi connectivity index (χ0n) is 11.2. The normalized spacial score (nSPS) is 11.3. The first-order valence-corrected chi connectivity index (χ1v) is 6.63. The molecular weight excluding hydrogens is 238 g/mol. The molecule has 2 heterocycles. The van der Waals surface area contributed by atoms with E-state index >= 15 is 0 Å². The van der Waals surface area contributed by atoms with E-state index in [-0.39, 0.29) is 0 Å².